The smallest absolute Gasteiger partial charge is 0.230 e. The first kappa shape index (κ1) is 12.2. The Morgan fingerprint density at radius 2 is 1.83 bits per heavy atom. The largest absolute Gasteiger partial charge is 0.291 e. The average molecular weight is 247 g/mol. The molecule has 5 heteroatoms. The normalized spacial score (nSPS) is 10.6. The van der Waals surface area contributed by atoms with Crippen molar-refractivity contribution in [1.29, 1.82) is 0 Å². The molecule has 92 valence electrons. The Labute approximate surface area is 102 Å². The van der Waals surface area contributed by atoms with Crippen LogP contribution in [0.1, 0.15) is 29.0 Å². The fourth-order valence-corrected chi connectivity index (χ4v) is 1.87. The van der Waals surface area contributed by atoms with Gasteiger partial charge in [-0.25, -0.2) is 4.39 Å². The lowest BCUT2D eigenvalue weighted by molar-refractivity contribution is -0.113. The van der Waals surface area contributed by atoms with Gasteiger partial charge in [0, 0.05) is 25.4 Å². The maximum absolute atomic E-state index is 13.8. The van der Waals surface area contributed by atoms with E-state index in [9.17, 15) is 18.8 Å². The number of Topliss-reactive ketones (excluding diaryl/α,β-unsaturated/α-hetero) is 2. The van der Waals surface area contributed by atoms with Crippen LogP contribution in [0, 0.1) is 5.82 Å². The van der Waals surface area contributed by atoms with Crippen LogP contribution in [0.25, 0.3) is 10.9 Å². The first-order valence-electron chi connectivity index (χ1n) is 5.29. The number of halogens is 1. The molecule has 0 aliphatic carbocycles. The minimum atomic E-state index is -0.801. The molecule has 0 radical (unpaired) electrons. The number of benzene rings is 1. The second kappa shape index (κ2) is 4.18. The minimum Gasteiger partial charge on any atom is -0.291 e. The van der Waals surface area contributed by atoms with E-state index >= 15 is 0 Å². The van der Waals surface area contributed by atoms with Crippen molar-refractivity contribution in [2.24, 2.45) is 0 Å². The molecule has 1 aromatic carbocycles. The molecule has 0 bridgehead atoms. The lowest BCUT2D eigenvalue weighted by atomic mass is 10.1. The van der Waals surface area contributed by atoms with Crippen molar-refractivity contribution in [3.63, 3.8) is 0 Å². The van der Waals surface area contributed by atoms with Crippen LogP contribution < -0.4 is 0 Å². The first-order valence-corrected chi connectivity index (χ1v) is 5.29. The number of fused-ring (bicyclic) bond motifs is 1. The van der Waals surface area contributed by atoms with E-state index in [-0.39, 0.29) is 22.4 Å². The number of ketones is 2. The van der Waals surface area contributed by atoms with E-state index in [1.165, 1.54) is 31.3 Å². The Hall–Kier alpha value is -2.30. The van der Waals surface area contributed by atoms with E-state index in [0.717, 1.165) is 11.5 Å². The summed E-state index contributed by atoms with van der Waals surface area (Å²) in [6, 6.07) is 4.15. The van der Waals surface area contributed by atoms with Gasteiger partial charge in [0.1, 0.15) is 5.82 Å². The lowest BCUT2D eigenvalue weighted by Crippen LogP contribution is -2.10. The van der Waals surface area contributed by atoms with Gasteiger partial charge in [0.05, 0.1) is 11.1 Å². The molecular weight excluding hydrogens is 237 g/mol. The van der Waals surface area contributed by atoms with Crippen LogP contribution in [0.15, 0.2) is 24.4 Å². The summed E-state index contributed by atoms with van der Waals surface area (Å²) in [7, 11) is 0. The van der Waals surface area contributed by atoms with Crippen molar-refractivity contribution in [3.05, 3.63) is 35.8 Å². The third-order valence-corrected chi connectivity index (χ3v) is 2.68. The molecule has 0 atom stereocenters. The van der Waals surface area contributed by atoms with Crippen molar-refractivity contribution in [1.82, 2.24) is 4.57 Å². The quantitative estimate of drug-likeness (QED) is 0.604. The van der Waals surface area contributed by atoms with Gasteiger partial charge >= 0.3 is 0 Å². The summed E-state index contributed by atoms with van der Waals surface area (Å²) in [5.74, 6) is -2.48. The van der Waals surface area contributed by atoms with Crippen LogP contribution in [0.2, 0.25) is 0 Å². The number of carbonyl (C=O) groups excluding carboxylic acids is 3. The fourth-order valence-electron chi connectivity index (χ4n) is 1.87. The zero-order valence-corrected chi connectivity index (χ0v) is 9.86. The van der Waals surface area contributed by atoms with Crippen LogP contribution in [-0.2, 0) is 4.79 Å². The Morgan fingerprint density at radius 1 is 1.17 bits per heavy atom. The molecule has 0 saturated carbocycles. The molecule has 0 unspecified atom stereocenters. The predicted molar refractivity (Wildman–Crippen MR) is 63.2 cm³/mol. The Morgan fingerprint density at radius 3 is 2.39 bits per heavy atom. The summed E-state index contributed by atoms with van der Waals surface area (Å²) >= 11 is 0. The van der Waals surface area contributed by atoms with E-state index in [1.807, 2.05) is 0 Å². The second-order valence-electron chi connectivity index (χ2n) is 3.95. The van der Waals surface area contributed by atoms with Gasteiger partial charge in [-0.05, 0) is 12.1 Å². The van der Waals surface area contributed by atoms with Crippen LogP contribution in [0.5, 0.6) is 0 Å². The highest BCUT2D eigenvalue weighted by Crippen LogP contribution is 2.25. The number of rotatable bonds is 2. The number of hydrogen-bond donors (Lipinski definition) is 0. The molecule has 0 N–H and O–H groups in total. The first-order chi connectivity index (χ1) is 8.43. The number of nitrogens with zero attached hydrogens (tertiary/aromatic N) is 1. The Bertz CT molecular complexity index is 685. The summed E-state index contributed by atoms with van der Waals surface area (Å²) < 4.78 is 14.9. The summed E-state index contributed by atoms with van der Waals surface area (Å²) in [5, 5.41) is 0.00731. The molecule has 2 aromatic rings. The standard InChI is InChI=1S/C13H10FNO3/c1-7(16)13(18)9-6-15(8(2)17)11-5-3-4-10(14)12(9)11/h3-6H,1-2H3. The number of carbonyl (C=O) groups is 3. The van der Waals surface area contributed by atoms with Crippen molar-refractivity contribution < 1.29 is 18.8 Å². The lowest BCUT2D eigenvalue weighted by Gasteiger charge is -1.98. The maximum Gasteiger partial charge on any atom is 0.230 e. The maximum atomic E-state index is 13.8. The van der Waals surface area contributed by atoms with Gasteiger partial charge in [0.2, 0.25) is 11.7 Å². The van der Waals surface area contributed by atoms with E-state index in [2.05, 4.69) is 0 Å². The zero-order valence-electron chi connectivity index (χ0n) is 9.86. The van der Waals surface area contributed by atoms with Gasteiger partial charge in [-0.2, -0.15) is 0 Å². The SMILES string of the molecule is CC(=O)C(=O)c1cn(C(C)=O)c2cccc(F)c12. The zero-order chi connectivity index (χ0) is 13.4. The molecule has 4 nitrogen and oxygen atoms in total. The second-order valence-corrected chi connectivity index (χ2v) is 3.95. The van der Waals surface area contributed by atoms with Crippen LogP contribution in [0.3, 0.4) is 0 Å². The van der Waals surface area contributed by atoms with Gasteiger partial charge in [-0.3, -0.25) is 19.0 Å². The van der Waals surface area contributed by atoms with Gasteiger partial charge in [0.25, 0.3) is 0 Å². The van der Waals surface area contributed by atoms with Crippen molar-refractivity contribution in [2.45, 2.75) is 13.8 Å². The summed E-state index contributed by atoms with van der Waals surface area (Å²) in [4.78, 5) is 34.2. The highest BCUT2D eigenvalue weighted by atomic mass is 19.1. The monoisotopic (exact) mass is 247 g/mol. The van der Waals surface area contributed by atoms with Crippen molar-refractivity contribution >= 4 is 28.4 Å². The topological polar surface area (TPSA) is 56.1 Å². The highest BCUT2D eigenvalue weighted by molar-refractivity contribution is 6.45. The third kappa shape index (κ3) is 1.73. The van der Waals surface area contributed by atoms with E-state index < -0.39 is 17.4 Å². The predicted octanol–water partition coefficient (Wildman–Crippen LogP) is 2.21. The van der Waals surface area contributed by atoms with E-state index in [4.69, 9.17) is 0 Å². The molecule has 0 saturated heterocycles. The van der Waals surface area contributed by atoms with E-state index in [0.29, 0.717) is 0 Å². The Balaban J connectivity index is 2.86. The average Bonchev–Trinajstić information content (AvgIpc) is 2.68. The van der Waals surface area contributed by atoms with Gasteiger partial charge in [-0.1, -0.05) is 6.07 Å². The highest BCUT2D eigenvalue weighted by Gasteiger charge is 2.21. The van der Waals surface area contributed by atoms with Gasteiger partial charge in [-0.15, -0.1) is 0 Å². The number of aromatic nitrogens is 1. The molecule has 0 amide bonds. The molecule has 1 heterocycles. The summed E-state index contributed by atoms with van der Waals surface area (Å²) in [5.41, 5.74) is 0.206. The molecule has 0 aliphatic heterocycles. The molecule has 18 heavy (non-hydrogen) atoms. The fraction of sp³-hybridized carbons (Fsp3) is 0.154. The molecule has 1 aromatic heterocycles. The minimum absolute atomic E-state index is 0.00731. The molecule has 0 spiro atoms. The molecular formula is C13H10FNO3. The van der Waals surface area contributed by atoms with Crippen LogP contribution in [-0.4, -0.2) is 22.0 Å². The molecule has 0 aliphatic rings. The van der Waals surface area contributed by atoms with Crippen molar-refractivity contribution in [3.8, 4) is 0 Å². The third-order valence-electron chi connectivity index (χ3n) is 2.68. The van der Waals surface area contributed by atoms with Crippen LogP contribution >= 0.6 is 0 Å². The molecule has 2 rings (SSSR count). The summed E-state index contributed by atoms with van der Waals surface area (Å²) in [6.45, 7) is 2.41. The Kier molecular flexibility index (Phi) is 2.82. The van der Waals surface area contributed by atoms with Gasteiger partial charge in [0.15, 0.2) is 5.78 Å². The summed E-state index contributed by atoms with van der Waals surface area (Å²) in [6.07, 6.45) is 1.21. The van der Waals surface area contributed by atoms with E-state index in [1.54, 1.807) is 0 Å². The molecule has 0 fully saturated rings. The van der Waals surface area contributed by atoms with Gasteiger partial charge < -0.3 is 0 Å². The van der Waals surface area contributed by atoms with Crippen LogP contribution in [0.4, 0.5) is 4.39 Å². The number of hydrogen-bond acceptors (Lipinski definition) is 3. The van der Waals surface area contributed by atoms with Crippen molar-refractivity contribution in [2.75, 3.05) is 0 Å².